The van der Waals surface area contributed by atoms with Crippen LogP contribution < -0.4 is 5.32 Å². The lowest BCUT2D eigenvalue weighted by atomic mass is 10.2. The summed E-state index contributed by atoms with van der Waals surface area (Å²) in [6.45, 7) is 0. The summed E-state index contributed by atoms with van der Waals surface area (Å²) in [6.07, 6.45) is -4.25. The first-order chi connectivity index (χ1) is 6.45. The summed E-state index contributed by atoms with van der Waals surface area (Å²) in [5.74, 6) is -1.83. The van der Waals surface area contributed by atoms with Gasteiger partial charge >= 0.3 is 6.18 Å². The maximum absolute atomic E-state index is 12.6. The molecule has 0 saturated carbocycles. The normalized spacial score (nSPS) is 11.1. The molecule has 14 heavy (non-hydrogen) atoms. The third kappa shape index (κ3) is 2.18. The van der Waals surface area contributed by atoms with Gasteiger partial charge in [-0.3, -0.25) is 4.79 Å². The molecule has 0 spiro atoms. The van der Waals surface area contributed by atoms with Gasteiger partial charge in [-0.2, -0.15) is 13.2 Å². The number of alkyl halides is 3. The van der Waals surface area contributed by atoms with Gasteiger partial charge in [0.2, 0.25) is 6.41 Å². The number of nitrogens with zero attached hydrogens (tertiary/aromatic N) is 1. The molecule has 1 rings (SSSR count). The molecule has 7 heteroatoms. The van der Waals surface area contributed by atoms with Crippen LogP contribution in [0.1, 0.15) is 5.56 Å². The lowest BCUT2D eigenvalue weighted by molar-refractivity contribution is -0.140. The number of carbonyl (C=O) groups is 1. The maximum atomic E-state index is 12.6. The van der Waals surface area contributed by atoms with Crippen LogP contribution in [0.4, 0.5) is 23.4 Å². The van der Waals surface area contributed by atoms with Crippen molar-refractivity contribution in [3.05, 3.63) is 23.6 Å². The second-order valence-electron chi connectivity index (χ2n) is 2.31. The van der Waals surface area contributed by atoms with Gasteiger partial charge in [0, 0.05) is 0 Å². The van der Waals surface area contributed by atoms with Crippen LogP contribution in [-0.4, -0.2) is 11.4 Å². The number of aromatic nitrogens is 1. The van der Waals surface area contributed by atoms with Gasteiger partial charge in [0.15, 0.2) is 5.82 Å². The Morgan fingerprint density at radius 2 is 2.07 bits per heavy atom. The summed E-state index contributed by atoms with van der Waals surface area (Å²) in [6, 6.07) is 0.420. The Labute approximate surface area is 75.8 Å². The van der Waals surface area contributed by atoms with Crippen molar-refractivity contribution in [2.75, 3.05) is 5.32 Å². The molecule has 0 fully saturated rings. The molecule has 1 amide bonds. The smallest absolute Gasteiger partial charge is 0.313 e. The summed E-state index contributed by atoms with van der Waals surface area (Å²) in [4.78, 5) is 13.1. The zero-order valence-corrected chi connectivity index (χ0v) is 6.60. The van der Waals surface area contributed by atoms with Crippen LogP contribution in [0.2, 0.25) is 0 Å². The van der Waals surface area contributed by atoms with Gasteiger partial charge in [0.05, 0.1) is 11.8 Å². The lowest BCUT2D eigenvalue weighted by Gasteiger charge is -2.08. The molecule has 0 atom stereocenters. The summed E-state index contributed by atoms with van der Waals surface area (Å²) in [5, 5.41) is 1.89. The van der Waals surface area contributed by atoms with Crippen LogP contribution >= 0.6 is 0 Å². The molecule has 0 aliphatic carbocycles. The lowest BCUT2D eigenvalue weighted by Crippen LogP contribution is -2.10. The van der Waals surface area contributed by atoms with Gasteiger partial charge in [-0.05, 0) is 6.07 Å². The van der Waals surface area contributed by atoms with Gasteiger partial charge in [0.1, 0.15) is 5.82 Å². The highest BCUT2D eigenvalue weighted by Gasteiger charge is 2.34. The van der Waals surface area contributed by atoms with Crippen molar-refractivity contribution < 1.29 is 22.4 Å². The molecule has 76 valence electrons. The van der Waals surface area contributed by atoms with E-state index in [0.29, 0.717) is 12.3 Å². The van der Waals surface area contributed by atoms with E-state index in [-0.39, 0.29) is 12.2 Å². The molecule has 0 aliphatic heterocycles. The molecular formula is C7H4F4N2O. The Kier molecular flexibility index (Phi) is 2.68. The van der Waals surface area contributed by atoms with Gasteiger partial charge in [-0.1, -0.05) is 0 Å². The molecule has 0 aromatic carbocycles. The second-order valence-corrected chi connectivity index (χ2v) is 2.31. The Morgan fingerprint density at radius 1 is 1.43 bits per heavy atom. The Balaban J connectivity index is 3.15. The van der Waals surface area contributed by atoms with E-state index >= 15 is 0 Å². The first-order valence-corrected chi connectivity index (χ1v) is 3.38. The van der Waals surface area contributed by atoms with E-state index in [1.807, 2.05) is 5.32 Å². The van der Waals surface area contributed by atoms with Crippen molar-refractivity contribution in [3.63, 3.8) is 0 Å². The number of nitrogens with one attached hydrogen (secondary N) is 1. The molecule has 3 nitrogen and oxygen atoms in total. The molecule has 0 saturated heterocycles. The summed E-state index contributed by atoms with van der Waals surface area (Å²) < 4.78 is 48.9. The second kappa shape index (κ2) is 3.60. The van der Waals surface area contributed by atoms with Gasteiger partial charge < -0.3 is 5.32 Å². The van der Waals surface area contributed by atoms with E-state index in [9.17, 15) is 22.4 Å². The Hall–Kier alpha value is -1.66. The number of halogens is 4. The van der Waals surface area contributed by atoms with Gasteiger partial charge in [-0.25, -0.2) is 9.37 Å². The molecule has 0 radical (unpaired) electrons. The minimum Gasteiger partial charge on any atom is -0.313 e. The van der Waals surface area contributed by atoms with Crippen molar-refractivity contribution in [2.24, 2.45) is 0 Å². The largest absolute Gasteiger partial charge is 0.419 e. The molecule has 0 bridgehead atoms. The molecule has 0 aliphatic rings. The van der Waals surface area contributed by atoms with E-state index in [4.69, 9.17) is 0 Å². The molecule has 1 aromatic rings. The first-order valence-electron chi connectivity index (χ1n) is 3.38. The third-order valence-electron chi connectivity index (χ3n) is 1.37. The fraction of sp³-hybridized carbons (Fsp3) is 0.143. The summed E-state index contributed by atoms with van der Waals surface area (Å²) in [5.41, 5.74) is -1.46. The van der Waals surface area contributed by atoms with E-state index in [1.165, 1.54) is 0 Å². The number of pyridine rings is 1. The average molecular weight is 208 g/mol. The zero-order valence-electron chi connectivity index (χ0n) is 6.60. The highest BCUT2D eigenvalue weighted by atomic mass is 19.4. The van der Waals surface area contributed by atoms with Crippen molar-refractivity contribution in [2.45, 2.75) is 6.18 Å². The van der Waals surface area contributed by atoms with Crippen molar-refractivity contribution in [1.82, 2.24) is 4.98 Å². The number of hydrogen-bond acceptors (Lipinski definition) is 2. The fourth-order valence-corrected chi connectivity index (χ4v) is 0.795. The Bertz CT molecular complexity index is 350. The van der Waals surface area contributed by atoms with Crippen LogP contribution in [0.5, 0.6) is 0 Å². The predicted octanol–water partition coefficient (Wildman–Crippen LogP) is 1.81. The topological polar surface area (TPSA) is 42.0 Å². The molecule has 1 N–H and O–H groups in total. The number of anilines is 1. The predicted molar refractivity (Wildman–Crippen MR) is 38.9 cm³/mol. The SMILES string of the molecule is O=CNc1cc(C(F)(F)F)c(F)cn1. The van der Waals surface area contributed by atoms with Gasteiger partial charge in [0.25, 0.3) is 0 Å². The van der Waals surface area contributed by atoms with E-state index in [2.05, 4.69) is 4.98 Å². The fourth-order valence-electron chi connectivity index (χ4n) is 0.795. The van der Waals surface area contributed by atoms with Gasteiger partial charge in [-0.15, -0.1) is 0 Å². The Morgan fingerprint density at radius 3 is 2.57 bits per heavy atom. The van der Waals surface area contributed by atoms with Crippen LogP contribution in [0.15, 0.2) is 12.3 Å². The summed E-state index contributed by atoms with van der Waals surface area (Å²) >= 11 is 0. The minimum absolute atomic E-state index is 0.153. The number of rotatable bonds is 2. The zero-order chi connectivity index (χ0) is 10.8. The average Bonchev–Trinajstić information content (AvgIpc) is 2.07. The molecule has 0 unspecified atom stereocenters. The minimum atomic E-state index is -4.80. The third-order valence-corrected chi connectivity index (χ3v) is 1.37. The standard InChI is InChI=1S/C7H4F4N2O/c8-5-2-12-6(13-3-14)1-4(5)7(9,10)11/h1-3H,(H,12,13,14). The number of hydrogen-bond donors (Lipinski definition) is 1. The summed E-state index contributed by atoms with van der Waals surface area (Å²) in [7, 11) is 0. The number of carbonyl (C=O) groups excluding carboxylic acids is 1. The number of amides is 1. The van der Waals surface area contributed by atoms with Crippen LogP contribution in [-0.2, 0) is 11.0 Å². The van der Waals surface area contributed by atoms with E-state index in [1.54, 1.807) is 0 Å². The van der Waals surface area contributed by atoms with Crippen LogP contribution in [0.25, 0.3) is 0 Å². The molecule has 1 heterocycles. The van der Waals surface area contributed by atoms with Crippen molar-refractivity contribution >= 4 is 12.2 Å². The highest BCUT2D eigenvalue weighted by Crippen LogP contribution is 2.31. The molecular weight excluding hydrogens is 204 g/mol. The molecule has 1 aromatic heterocycles. The quantitative estimate of drug-likeness (QED) is 0.594. The van der Waals surface area contributed by atoms with Crippen molar-refractivity contribution in [3.8, 4) is 0 Å². The van der Waals surface area contributed by atoms with Crippen LogP contribution in [0, 0.1) is 5.82 Å². The van der Waals surface area contributed by atoms with Crippen LogP contribution in [0.3, 0.4) is 0 Å². The first kappa shape index (κ1) is 10.4. The van der Waals surface area contributed by atoms with Crippen molar-refractivity contribution in [1.29, 1.82) is 0 Å². The van der Waals surface area contributed by atoms with E-state index < -0.39 is 17.6 Å². The monoisotopic (exact) mass is 208 g/mol. The van der Waals surface area contributed by atoms with E-state index in [0.717, 1.165) is 0 Å². The maximum Gasteiger partial charge on any atom is 0.419 e. The highest BCUT2D eigenvalue weighted by molar-refractivity contribution is 5.68.